The van der Waals surface area contributed by atoms with E-state index >= 15 is 0 Å². The van der Waals surface area contributed by atoms with E-state index in [9.17, 15) is 0 Å². The van der Waals surface area contributed by atoms with Crippen molar-refractivity contribution in [2.75, 3.05) is 20.1 Å². The summed E-state index contributed by atoms with van der Waals surface area (Å²) in [6, 6.07) is 6.07. The van der Waals surface area contributed by atoms with Crippen LogP contribution in [0.15, 0.2) is 24.4 Å². The Morgan fingerprint density at radius 2 is 2.25 bits per heavy atom. The Balaban J connectivity index is 1.87. The molecule has 3 nitrogen and oxygen atoms in total. The predicted octanol–water partition coefficient (Wildman–Crippen LogP) is 1.64. The molecule has 0 unspecified atom stereocenters. The molecule has 0 bridgehead atoms. The zero-order chi connectivity index (χ0) is 11.4. The number of hydrogen-bond donors (Lipinski definition) is 1. The molecule has 1 fully saturated rings. The Morgan fingerprint density at radius 1 is 1.44 bits per heavy atom. The average Bonchev–Trinajstić information content (AvgIpc) is 2.25. The van der Waals surface area contributed by atoms with Crippen molar-refractivity contribution in [1.29, 1.82) is 0 Å². The maximum Gasteiger partial charge on any atom is 0.0543 e. The second-order valence-corrected chi connectivity index (χ2v) is 5.05. The van der Waals surface area contributed by atoms with Crippen LogP contribution >= 0.6 is 0 Å². The van der Waals surface area contributed by atoms with Gasteiger partial charge in [0.05, 0.1) is 5.69 Å². The molecule has 1 aliphatic rings. The van der Waals surface area contributed by atoms with Crippen LogP contribution in [0.5, 0.6) is 0 Å². The second-order valence-electron chi connectivity index (χ2n) is 5.05. The third-order valence-electron chi connectivity index (χ3n) is 3.61. The van der Waals surface area contributed by atoms with E-state index in [0.29, 0.717) is 5.41 Å². The van der Waals surface area contributed by atoms with Gasteiger partial charge in [-0.3, -0.25) is 9.88 Å². The minimum atomic E-state index is 0.392. The van der Waals surface area contributed by atoms with Crippen LogP contribution in [0.25, 0.3) is 0 Å². The van der Waals surface area contributed by atoms with Gasteiger partial charge in [-0.1, -0.05) is 12.5 Å². The topological polar surface area (TPSA) is 42.2 Å². The molecule has 0 spiro atoms. The lowest BCUT2D eigenvalue weighted by Crippen LogP contribution is -2.45. The first-order valence-electron chi connectivity index (χ1n) is 6.03. The molecule has 1 aliphatic carbocycles. The van der Waals surface area contributed by atoms with Gasteiger partial charge in [0.15, 0.2) is 0 Å². The second kappa shape index (κ2) is 4.93. The zero-order valence-corrected chi connectivity index (χ0v) is 10.0. The summed E-state index contributed by atoms with van der Waals surface area (Å²) in [5.41, 5.74) is 7.40. The monoisotopic (exact) mass is 219 g/mol. The molecule has 88 valence electrons. The van der Waals surface area contributed by atoms with Crippen LogP contribution in [-0.4, -0.2) is 30.0 Å². The average molecular weight is 219 g/mol. The predicted molar refractivity (Wildman–Crippen MR) is 65.9 cm³/mol. The number of hydrogen-bond acceptors (Lipinski definition) is 3. The van der Waals surface area contributed by atoms with Crippen LogP contribution in [0.2, 0.25) is 0 Å². The quantitative estimate of drug-likeness (QED) is 0.818. The summed E-state index contributed by atoms with van der Waals surface area (Å²) in [6.45, 7) is 2.84. The van der Waals surface area contributed by atoms with E-state index in [1.165, 1.54) is 19.3 Å². The SMILES string of the molecule is CN(Cc1ccccn1)CC1(CN)CCC1. The minimum absolute atomic E-state index is 0.392. The largest absolute Gasteiger partial charge is 0.330 e. The van der Waals surface area contributed by atoms with Gasteiger partial charge in [0.25, 0.3) is 0 Å². The molecule has 0 aliphatic heterocycles. The number of aromatic nitrogens is 1. The van der Waals surface area contributed by atoms with Crippen molar-refractivity contribution in [3.05, 3.63) is 30.1 Å². The molecule has 0 saturated heterocycles. The molecule has 0 aromatic carbocycles. The van der Waals surface area contributed by atoms with Gasteiger partial charge in [-0.2, -0.15) is 0 Å². The van der Waals surface area contributed by atoms with Gasteiger partial charge in [0, 0.05) is 19.3 Å². The molecule has 1 heterocycles. The Kier molecular flexibility index (Phi) is 3.56. The Hall–Kier alpha value is -0.930. The van der Waals surface area contributed by atoms with Crippen LogP contribution in [0, 0.1) is 5.41 Å². The van der Waals surface area contributed by atoms with Crippen molar-refractivity contribution in [1.82, 2.24) is 9.88 Å². The fraction of sp³-hybridized carbons (Fsp3) is 0.615. The van der Waals surface area contributed by atoms with E-state index in [2.05, 4.69) is 23.0 Å². The van der Waals surface area contributed by atoms with Crippen LogP contribution in [0.3, 0.4) is 0 Å². The molecule has 3 heteroatoms. The van der Waals surface area contributed by atoms with E-state index < -0.39 is 0 Å². The summed E-state index contributed by atoms with van der Waals surface area (Å²) in [6.07, 6.45) is 5.77. The van der Waals surface area contributed by atoms with Crippen LogP contribution in [0.1, 0.15) is 25.0 Å². The van der Waals surface area contributed by atoms with Crippen molar-refractivity contribution in [3.63, 3.8) is 0 Å². The molecule has 0 amide bonds. The first-order valence-corrected chi connectivity index (χ1v) is 6.03. The Morgan fingerprint density at radius 3 is 2.75 bits per heavy atom. The van der Waals surface area contributed by atoms with Crippen molar-refractivity contribution < 1.29 is 0 Å². The summed E-state index contributed by atoms with van der Waals surface area (Å²) in [5, 5.41) is 0. The highest BCUT2D eigenvalue weighted by Crippen LogP contribution is 2.40. The third-order valence-corrected chi connectivity index (χ3v) is 3.61. The van der Waals surface area contributed by atoms with Crippen molar-refractivity contribution in [2.24, 2.45) is 11.1 Å². The van der Waals surface area contributed by atoms with E-state index in [-0.39, 0.29) is 0 Å². The van der Waals surface area contributed by atoms with Gasteiger partial charge >= 0.3 is 0 Å². The smallest absolute Gasteiger partial charge is 0.0543 e. The normalized spacial score (nSPS) is 18.4. The standard InChI is InChI=1S/C13H21N3/c1-16(9-12-5-2-3-8-15-12)11-13(10-14)6-4-7-13/h2-3,5,8H,4,6-7,9-11,14H2,1H3. The molecule has 1 aromatic heterocycles. The van der Waals surface area contributed by atoms with Crippen molar-refractivity contribution in [2.45, 2.75) is 25.8 Å². The molecule has 0 atom stereocenters. The molecule has 1 saturated carbocycles. The molecule has 16 heavy (non-hydrogen) atoms. The highest BCUT2D eigenvalue weighted by Gasteiger charge is 2.36. The molecule has 2 N–H and O–H groups in total. The summed E-state index contributed by atoms with van der Waals surface area (Å²) >= 11 is 0. The van der Waals surface area contributed by atoms with Gasteiger partial charge in [-0.25, -0.2) is 0 Å². The number of nitrogens with zero attached hydrogens (tertiary/aromatic N) is 2. The molecular formula is C13H21N3. The van der Waals surface area contributed by atoms with E-state index in [1.807, 2.05) is 18.3 Å². The molecular weight excluding hydrogens is 198 g/mol. The number of nitrogens with two attached hydrogens (primary N) is 1. The highest BCUT2D eigenvalue weighted by atomic mass is 15.1. The lowest BCUT2D eigenvalue weighted by molar-refractivity contribution is 0.0840. The maximum absolute atomic E-state index is 5.87. The minimum Gasteiger partial charge on any atom is -0.330 e. The highest BCUT2D eigenvalue weighted by molar-refractivity contribution is 5.03. The van der Waals surface area contributed by atoms with Gasteiger partial charge in [-0.15, -0.1) is 0 Å². The molecule has 0 radical (unpaired) electrons. The van der Waals surface area contributed by atoms with Crippen LogP contribution < -0.4 is 5.73 Å². The van der Waals surface area contributed by atoms with Crippen LogP contribution in [0.4, 0.5) is 0 Å². The van der Waals surface area contributed by atoms with Crippen LogP contribution in [-0.2, 0) is 6.54 Å². The first-order chi connectivity index (χ1) is 7.74. The van der Waals surface area contributed by atoms with Crippen molar-refractivity contribution in [3.8, 4) is 0 Å². The van der Waals surface area contributed by atoms with Gasteiger partial charge in [-0.05, 0) is 44.0 Å². The zero-order valence-electron chi connectivity index (χ0n) is 10.0. The first kappa shape index (κ1) is 11.6. The van der Waals surface area contributed by atoms with Crippen molar-refractivity contribution >= 4 is 0 Å². The fourth-order valence-electron chi connectivity index (χ4n) is 2.50. The lowest BCUT2D eigenvalue weighted by Gasteiger charge is -2.43. The maximum atomic E-state index is 5.87. The van der Waals surface area contributed by atoms with Gasteiger partial charge in [0.2, 0.25) is 0 Å². The number of pyridine rings is 1. The van der Waals surface area contributed by atoms with Gasteiger partial charge in [0.1, 0.15) is 0 Å². The summed E-state index contributed by atoms with van der Waals surface area (Å²) in [4.78, 5) is 6.69. The Bertz CT molecular complexity index is 314. The summed E-state index contributed by atoms with van der Waals surface area (Å²) < 4.78 is 0. The molecule has 2 rings (SSSR count). The fourth-order valence-corrected chi connectivity index (χ4v) is 2.50. The molecule has 1 aromatic rings. The third kappa shape index (κ3) is 2.60. The number of rotatable bonds is 5. The van der Waals surface area contributed by atoms with E-state index in [4.69, 9.17) is 5.73 Å². The summed E-state index contributed by atoms with van der Waals surface area (Å²) in [5.74, 6) is 0. The summed E-state index contributed by atoms with van der Waals surface area (Å²) in [7, 11) is 2.16. The lowest BCUT2D eigenvalue weighted by atomic mass is 9.68. The van der Waals surface area contributed by atoms with Gasteiger partial charge < -0.3 is 5.73 Å². The Labute approximate surface area is 97.7 Å². The van der Waals surface area contributed by atoms with E-state index in [1.54, 1.807) is 0 Å². The van der Waals surface area contributed by atoms with E-state index in [0.717, 1.165) is 25.3 Å².